The SMILES string of the molecule is [2H][C-]([B])C(c1cccc2c(C)c(C)c(C)nc12)N(C)C.[W]. The Bertz CT molecular complexity index is 636. The van der Waals surface area contributed by atoms with Gasteiger partial charge in [-0.2, -0.15) is 7.85 Å². The van der Waals surface area contributed by atoms with Gasteiger partial charge >= 0.3 is 0 Å². The zero-order valence-corrected chi connectivity index (χ0v) is 15.6. The Morgan fingerprint density at radius 3 is 2.45 bits per heavy atom. The molecule has 2 radical (unpaired) electrons. The molecule has 1 aromatic carbocycles. The largest absolute Gasteiger partial charge is 0.346 e. The molecule has 4 heteroatoms. The minimum atomic E-state index is -0.243. The average molecular weight is 436 g/mol. The number of rotatable bonds is 3. The molecule has 20 heavy (non-hydrogen) atoms. The van der Waals surface area contributed by atoms with E-state index < -0.39 is 0 Å². The summed E-state index contributed by atoms with van der Waals surface area (Å²) < 4.78 is 7.85. The second kappa shape index (κ2) is 6.87. The van der Waals surface area contributed by atoms with Crippen molar-refractivity contribution in [3.05, 3.63) is 46.9 Å². The normalized spacial score (nSPS) is 13.4. The maximum atomic E-state index is 7.85. The van der Waals surface area contributed by atoms with E-state index in [4.69, 9.17) is 14.2 Å². The Hall–Kier alpha value is -0.657. The Morgan fingerprint density at radius 2 is 1.90 bits per heavy atom. The van der Waals surface area contributed by atoms with Crippen LogP contribution in [0.25, 0.3) is 10.9 Å². The van der Waals surface area contributed by atoms with Crippen LogP contribution in [0.5, 0.6) is 0 Å². The van der Waals surface area contributed by atoms with Gasteiger partial charge in [0.15, 0.2) is 0 Å². The van der Waals surface area contributed by atoms with Crippen LogP contribution < -0.4 is 0 Å². The number of hydrogen-bond acceptors (Lipinski definition) is 2. The monoisotopic (exact) mass is 436 g/mol. The van der Waals surface area contributed by atoms with Crippen LogP contribution in [0.2, 0.25) is 0 Å². The van der Waals surface area contributed by atoms with Crippen LogP contribution in [0.1, 0.15) is 29.8 Å². The predicted molar refractivity (Wildman–Crippen MR) is 82.4 cm³/mol. The summed E-state index contributed by atoms with van der Waals surface area (Å²) in [5.74, 6) is 0. The van der Waals surface area contributed by atoms with Gasteiger partial charge in [-0.15, -0.1) is 0 Å². The van der Waals surface area contributed by atoms with Crippen molar-refractivity contribution in [3.63, 3.8) is 0 Å². The number of aromatic nitrogens is 1. The zero-order valence-electron chi connectivity index (χ0n) is 13.7. The minimum Gasteiger partial charge on any atom is -0.346 e. The molecule has 1 heterocycles. The van der Waals surface area contributed by atoms with Crippen molar-refractivity contribution in [1.82, 2.24) is 9.88 Å². The van der Waals surface area contributed by atoms with Crippen molar-refractivity contribution in [2.45, 2.75) is 26.8 Å². The molecule has 0 aliphatic rings. The van der Waals surface area contributed by atoms with Gasteiger partial charge in [0, 0.05) is 32.1 Å². The van der Waals surface area contributed by atoms with Gasteiger partial charge in [-0.25, -0.2) is 1.37 Å². The summed E-state index contributed by atoms with van der Waals surface area (Å²) in [5.41, 5.74) is 5.44. The van der Waals surface area contributed by atoms with E-state index in [1.165, 1.54) is 11.1 Å². The topological polar surface area (TPSA) is 16.1 Å². The van der Waals surface area contributed by atoms with Crippen molar-refractivity contribution < 1.29 is 22.4 Å². The predicted octanol–water partition coefficient (Wildman–Crippen LogP) is 3.09. The van der Waals surface area contributed by atoms with Crippen LogP contribution in [0, 0.1) is 27.1 Å². The van der Waals surface area contributed by atoms with E-state index >= 15 is 0 Å². The molecule has 2 rings (SSSR count). The first-order valence-electron chi connectivity index (χ1n) is 6.96. The van der Waals surface area contributed by atoms with Crippen molar-refractivity contribution >= 4 is 18.7 Å². The van der Waals surface area contributed by atoms with Crippen LogP contribution in [0.15, 0.2) is 18.2 Å². The van der Waals surface area contributed by atoms with Gasteiger partial charge in [0.1, 0.15) is 0 Å². The molecule has 0 aliphatic heterocycles. The summed E-state index contributed by atoms with van der Waals surface area (Å²) in [7, 11) is 9.64. The van der Waals surface area contributed by atoms with E-state index in [2.05, 4.69) is 19.9 Å². The molecule has 0 amide bonds. The van der Waals surface area contributed by atoms with Crippen molar-refractivity contribution in [2.75, 3.05) is 14.1 Å². The summed E-state index contributed by atoms with van der Waals surface area (Å²) in [4.78, 5) is 6.69. The number of hydrogen-bond donors (Lipinski definition) is 0. The molecule has 104 valence electrons. The van der Waals surface area contributed by atoms with Crippen molar-refractivity contribution in [2.24, 2.45) is 0 Å². The number of benzene rings is 1. The van der Waals surface area contributed by atoms with E-state index in [1.54, 1.807) is 0 Å². The standard InChI is InChI=1S/C16H20BN2.W/c1-10-11(2)13-7-6-8-14(15(9-17)19(4)5)16(13)18-12(10)3;/h6-9,15H,1-5H3;/q-1;/i9D;. The molecule has 2 nitrogen and oxygen atoms in total. The van der Waals surface area contributed by atoms with Crippen LogP contribution in [-0.4, -0.2) is 31.8 Å². The quantitative estimate of drug-likeness (QED) is 0.544. The third kappa shape index (κ3) is 2.99. The molecular formula is C16H20BN2W-. The van der Waals surface area contributed by atoms with Gasteiger partial charge in [0.2, 0.25) is 0 Å². The van der Waals surface area contributed by atoms with Gasteiger partial charge in [-0.05, 0) is 51.6 Å². The Balaban J connectivity index is 0.00000220. The molecule has 0 fully saturated rings. The number of aryl methyl sites for hydroxylation is 2. The molecule has 1 atom stereocenters. The summed E-state index contributed by atoms with van der Waals surface area (Å²) >= 11 is 0. The first-order chi connectivity index (χ1) is 9.34. The molecule has 0 aliphatic carbocycles. The summed E-state index contributed by atoms with van der Waals surface area (Å²) in [5, 5.41) is 1.14. The first kappa shape index (κ1) is 15.7. The molecule has 0 spiro atoms. The number of fused-ring (bicyclic) bond motifs is 1. The molecule has 0 bridgehead atoms. The molecule has 0 saturated carbocycles. The third-order valence-corrected chi connectivity index (χ3v) is 3.82. The second-order valence-electron chi connectivity index (χ2n) is 5.22. The summed E-state index contributed by atoms with van der Waals surface area (Å²) in [6, 6.07) is 5.86. The molecule has 2 aromatic rings. The van der Waals surface area contributed by atoms with E-state index in [-0.39, 0.29) is 33.4 Å². The maximum absolute atomic E-state index is 7.85. The van der Waals surface area contributed by atoms with E-state index in [9.17, 15) is 0 Å². The van der Waals surface area contributed by atoms with Crippen LogP contribution in [0.3, 0.4) is 0 Å². The second-order valence-corrected chi connectivity index (χ2v) is 5.22. The number of pyridine rings is 1. The number of para-hydroxylation sites is 1. The van der Waals surface area contributed by atoms with Gasteiger partial charge in [0.05, 0.1) is 5.52 Å². The van der Waals surface area contributed by atoms with E-state index in [0.717, 1.165) is 22.2 Å². The van der Waals surface area contributed by atoms with Gasteiger partial charge in [-0.1, -0.05) is 24.2 Å². The van der Waals surface area contributed by atoms with Gasteiger partial charge in [-0.3, -0.25) is 4.98 Å². The maximum Gasteiger partial charge on any atom is 0.0728 e. The molecule has 1 aromatic heterocycles. The molecular weight excluding hydrogens is 415 g/mol. The zero-order chi connectivity index (χ0) is 15.0. The van der Waals surface area contributed by atoms with Crippen molar-refractivity contribution in [1.29, 1.82) is 0 Å². The van der Waals surface area contributed by atoms with Gasteiger partial charge < -0.3 is 11.2 Å². The Morgan fingerprint density at radius 1 is 1.25 bits per heavy atom. The van der Waals surface area contributed by atoms with Crippen LogP contribution >= 0.6 is 0 Å². The van der Waals surface area contributed by atoms with Crippen LogP contribution in [-0.2, 0) is 21.1 Å². The molecule has 1 unspecified atom stereocenters. The summed E-state index contributed by atoms with van der Waals surface area (Å²) in [6.45, 7) is 6.24. The third-order valence-electron chi connectivity index (χ3n) is 3.82. The minimum absolute atomic E-state index is 0. The first-order valence-corrected chi connectivity index (χ1v) is 6.46. The fourth-order valence-corrected chi connectivity index (χ4v) is 2.45. The molecule has 0 saturated heterocycles. The fraction of sp³-hybridized carbons (Fsp3) is 0.375. The Kier molecular flexibility index (Phi) is 5.40. The van der Waals surface area contributed by atoms with Crippen molar-refractivity contribution in [3.8, 4) is 0 Å². The molecule has 0 N–H and O–H groups in total. The Labute approximate surface area is 139 Å². The smallest absolute Gasteiger partial charge is 0.0728 e. The average Bonchev–Trinajstić information content (AvgIpc) is 2.36. The summed E-state index contributed by atoms with van der Waals surface area (Å²) in [6.07, 6.45) is 0.139. The van der Waals surface area contributed by atoms with E-state index in [0.29, 0.717) is 0 Å². The van der Waals surface area contributed by atoms with E-state index in [1.807, 2.05) is 38.1 Å². The van der Waals surface area contributed by atoms with Gasteiger partial charge in [0.25, 0.3) is 0 Å². The number of nitrogens with zero attached hydrogens (tertiary/aromatic N) is 2. The fourth-order valence-electron chi connectivity index (χ4n) is 2.45. The van der Waals surface area contributed by atoms with Crippen LogP contribution in [0.4, 0.5) is 0 Å².